The van der Waals surface area contributed by atoms with Gasteiger partial charge in [0.25, 0.3) is 5.91 Å². The highest BCUT2D eigenvalue weighted by atomic mass is 32.1. The van der Waals surface area contributed by atoms with Crippen LogP contribution in [-0.4, -0.2) is 5.91 Å². The van der Waals surface area contributed by atoms with Gasteiger partial charge in [-0.05, 0) is 23.6 Å². The first-order valence-corrected chi connectivity index (χ1v) is 6.15. The lowest BCUT2D eigenvalue weighted by Gasteiger charge is -2.07. The van der Waals surface area contributed by atoms with Crippen molar-refractivity contribution in [2.45, 2.75) is 6.61 Å². The highest BCUT2D eigenvalue weighted by molar-refractivity contribution is 7.12. The summed E-state index contributed by atoms with van der Waals surface area (Å²) in [6.07, 6.45) is 0. The highest BCUT2D eigenvalue weighted by Crippen LogP contribution is 2.22. The van der Waals surface area contributed by atoms with Crippen molar-refractivity contribution in [3.8, 4) is 5.75 Å². The van der Waals surface area contributed by atoms with E-state index in [1.807, 2.05) is 5.43 Å². The fourth-order valence-corrected chi connectivity index (χ4v) is 2.28. The molecule has 0 spiro atoms. The molecule has 2 rings (SSSR count). The van der Waals surface area contributed by atoms with E-state index in [4.69, 9.17) is 10.6 Å². The fraction of sp³-hybridized carbons (Fsp3) is 0.0833. The predicted octanol–water partition coefficient (Wildman–Crippen LogP) is 2.21. The van der Waals surface area contributed by atoms with Gasteiger partial charge in [-0.25, -0.2) is 10.2 Å². The molecule has 2 aromatic rings. The number of thiophene rings is 1. The number of hydrogen-bond donors (Lipinski definition) is 2. The Morgan fingerprint density at radius 3 is 2.89 bits per heavy atom. The average molecular weight is 284 g/mol. The summed E-state index contributed by atoms with van der Waals surface area (Å²) >= 11 is 1.18. The standard InChI is InChI=1S/C12H10F2N2O2S/c13-8-2-1-3-9(10(8)14)18-6-7-4-5-19-11(7)12(17)16-15/h1-5H,6,15H2,(H,16,17). The molecule has 0 radical (unpaired) electrons. The second-order valence-electron chi connectivity index (χ2n) is 3.59. The van der Waals surface area contributed by atoms with E-state index >= 15 is 0 Å². The third-order valence-corrected chi connectivity index (χ3v) is 3.34. The number of nitrogens with two attached hydrogens (primary N) is 1. The molecule has 0 unspecified atom stereocenters. The van der Waals surface area contributed by atoms with Gasteiger partial charge in [0.1, 0.15) is 6.61 Å². The Morgan fingerprint density at radius 1 is 1.37 bits per heavy atom. The number of carbonyl (C=O) groups excluding carboxylic acids is 1. The monoisotopic (exact) mass is 284 g/mol. The second-order valence-corrected chi connectivity index (χ2v) is 4.51. The fourth-order valence-electron chi connectivity index (χ4n) is 1.47. The van der Waals surface area contributed by atoms with Gasteiger partial charge in [-0.1, -0.05) is 6.07 Å². The predicted molar refractivity (Wildman–Crippen MR) is 66.7 cm³/mol. The number of nitrogens with one attached hydrogen (secondary N) is 1. The SMILES string of the molecule is NNC(=O)c1sccc1COc1cccc(F)c1F. The van der Waals surface area contributed by atoms with Crippen molar-refractivity contribution < 1.29 is 18.3 Å². The summed E-state index contributed by atoms with van der Waals surface area (Å²) in [5.74, 6) is 2.35. The summed E-state index contributed by atoms with van der Waals surface area (Å²) in [5.41, 5.74) is 2.56. The third-order valence-electron chi connectivity index (χ3n) is 2.38. The number of carbonyl (C=O) groups is 1. The highest BCUT2D eigenvalue weighted by Gasteiger charge is 2.14. The molecule has 1 aromatic carbocycles. The number of nitrogen functional groups attached to an aromatic ring is 1. The molecule has 0 fully saturated rings. The lowest BCUT2D eigenvalue weighted by Crippen LogP contribution is -2.30. The lowest BCUT2D eigenvalue weighted by molar-refractivity contribution is 0.0955. The van der Waals surface area contributed by atoms with Gasteiger partial charge in [-0.3, -0.25) is 10.2 Å². The van der Waals surface area contributed by atoms with Crippen LogP contribution in [0.15, 0.2) is 29.6 Å². The maximum Gasteiger partial charge on any atom is 0.275 e. The molecular weight excluding hydrogens is 274 g/mol. The van der Waals surface area contributed by atoms with E-state index in [1.165, 1.54) is 23.5 Å². The van der Waals surface area contributed by atoms with Crippen LogP contribution >= 0.6 is 11.3 Å². The summed E-state index contributed by atoms with van der Waals surface area (Å²) < 4.78 is 31.5. The zero-order chi connectivity index (χ0) is 13.8. The number of amides is 1. The molecule has 0 saturated heterocycles. The molecule has 0 bridgehead atoms. The molecule has 100 valence electrons. The van der Waals surface area contributed by atoms with Gasteiger partial charge in [0.2, 0.25) is 5.82 Å². The van der Waals surface area contributed by atoms with Crippen LogP contribution < -0.4 is 16.0 Å². The van der Waals surface area contributed by atoms with E-state index in [1.54, 1.807) is 11.4 Å². The molecule has 1 aromatic heterocycles. The van der Waals surface area contributed by atoms with Gasteiger partial charge in [-0.15, -0.1) is 11.3 Å². The zero-order valence-electron chi connectivity index (χ0n) is 9.65. The molecule has 0 aliphatic carbocycles. The Bertz CT molecular complexity index is 601. The van der Waals surface area contributed by atoms with Crippen molar-refractivity contribution in [3.05, 3.63) is 51.7 Å². The molecule has 0 saturated carbocycles. The van der Waals surface area contributed by atoms with Gasteiger partial charge in [0.05, 0.1) is 4.88 Å². The number of hydrogen-bond acceptors (Lipinski definition) is 4. The van der Waals surface area contributed by atoms with Crippen LogP contribution in [0.3, 0.4) is 0 Å². The van der Waals surface area contributed by atoms with Crippen molar-refractivity contribution in [1.29, 1.82) is 0 Å². The van der Waals surface area contributed by atoms with Crippen LogP contribution in [0.2, 0.25) is 0 Å². The van der Waals surface area contributed by atoms with Gasteiger partial charge in [-0.2, -0.15) is 4.39 Å². The van der Waals surface area contributed by atoms with E-state index in [0.29, 0.717) is 10.4 Å². The zero-order valence-corrected chi connectivity index (χ0v) is 10.5. The molecule has 0 aliphatic heterocycles. The molecule has 7 heteroatoms. The van der Waals surface area contributed by atoms with Crippen LogP contribution in [0, 0.1) is 11.6 Å². The largest absolute Gasteiger partial charge is 0.486 e. The first-order chi connectivity index (χ1) is 9.13. The summed E-state index contributed by atoms with van der Waals surface area (Å²) in [7, 11) is 0. The Balaban J connectivity index is 2.13. The Hall–Kier alpha value is -1.99. The lowest BCUT2D eigenvalue weighted by atomic mass is 10.2. The summed E-state index contributed by atoms with van der Waals surface area (Å²) in [6, 6.07) is 5.31. The van der Waals surface area contributed by atoms with Crippen LogP contribution in [0.5, 0.6) is 5.75 Å². The van der Waals surface area contributed by atoms with Crippen molar-refractivity contribution >= 4 is 17.2 Å². The summed E-state index contributed by atoms with van der Waals surface area (Å²) in [5, 5.41) is 1.69. The number of halogens is 2. The molecule has 1 amide bonds. The van der Waals surface area contributed by atoms with Crippen molar-refractivity contribution in [1.82, 2.24) is 5.43 Å². The van der Waals surface area contributed by atoms with E-state index in [0.717, 1.165) is 6.07 Å². The van der Waals surface area contributed by atoms with Crippen molar-refractivity contribution in [3.63, 3.8) is 0 Å². The topological polar surface area (TPSA) is 64.3 Å². The van der Waals surface area contributed by atoms with Crippen LogP contribution in [0.25, 0.3) is 0 Å². The van der Waals surface area contributed by atoms with Crippen LogP contribution in [-0.2, 0) is 6.61 Å². The van der Waals surface area contributed by atoms with Crippen LogP contribution in [0.1, 0.15) is 15.2 Å². The third kappa shape index (κ3) is 2.88. The molecule has 19 heavy (non-hydrogen) atoms. The average Bonchev–Trinajstić information content (AvgIpc) is 2.88. The van der Waals surface area contributed by atoms with Gasteiger partial charge in [0.15, 0.2) is 11.6 Å². The number of hydrazine groups is 1. The molecular formula is C12H10F2N2O2S. The minimum Gasteiger partial charge on any atom is -0.486 e. The minimum absolute atomic E-state index is 0.0490. The molecule has 3 N–H and O–H groups in total. The van der Waals surface area contributed by atoms with Gasteiger partial charge < -0.3 is 4.74 Å². The summed E-state index contributed by atoms with van der Waals surface area (Å²) in [4.78, 5) is 11.8. The number of benzene rings is 1. The molecule has 4 nitrogen and oxygen atoms in total. The van der Waals surface area contributed by atoms with Gasteiger partial charge >= 0.3 is 0 Å². The van der Waals surface area contributed by atoms with Gasteiger partial charge in [0, 0.05) is 5.56 Å². The smallest absolute Gasteiger partial charge is 0.275 e. The normalized spacial score (nSPS) is 10.3. The minimum atomic E-state index is -1.05. The summed E-state index contributed by atoms with van der Waals surface area (Å²) in [6.45, 7) is -0.0490. The Kier molecular flexibility index (Phi) is 4.08. The van der Waals surface area contributed by atoms with Crippen LogP contribution in [0.4, 0.5) is 8.78 Å². The number of ether oxygens (including phenoxy) is 1. The Morgan fingerprint density at radius 2 is 2.16 bits per heavy atom. The van der Waals surface area contributed by atoms with E-state index in [9.17, 15) is 13.6 Å². The molecule has 1 heterocycles. The maximum atomic E-state index is 13.4. The first-order valence-electron chi connectivity index (χ1n) is 5.27. The van der Waals surface area contributed by atoms with E-state index in [2.05, 4.69) is 0 Å². The van der Waals surface area contributed by atoms with Crippen molar-refractivity contribution in [2.24, 2.45) is 5.84 Å². The Labute approximate surface area is 111 Å². The van der Waals surface area contributed by atoms with E-state index in [-0.39, 0.29) is 12.4 Å². The van der Waals surface area contributed by atoms with Crippen molar-refractivity contribution in [2.75, 3.05) is 0 Å². The first kappa shape index (κ1) is 13.4. The quantitative estimate of drug-likeness (QED) is 0.514. The second kappa shape index (κ2) is 5.77. The maximum absolute atomic E-state index is 13.4. The number of rotatable bonds is 4. The molecule has 0 aliphatic rings. The molecule has 0 atom stereocenters. The van der Waals surface area contributed by atoms with E-state index < -0.39 is 17.5 Å².